The molecule has 0 spiro atoms. The molecule has 2 aromatic carbocycles. The molecule has 16 heteroatoms. The molecule has 1 saturated heterocycles. The van der Waals surface area contributed by atoms with E-state index in [-0.39, 0.29) is 32.4 Å². The summed E-state index contributed by atoms with van der Waals surface area (Å²) in [5, 5.41) is 6.24. The predicted octanol–water partition coefficient (Wildman–Crippen LogP) is 5.27. The highest BCUT2D eigenvalue weighted by Crippen LogP contribution is 2.49. The molecule has 0 bridgehead atoms. The van der Waals surface area contributed by atoms with Crippen molar-refractivity contribution in [1.82, 2.24) is 25.2 Å². The molecule has 4 amide bonds. The van der Waals surface area contributed by atoms with E-state index >= 15 is 0 Å². The lowest BCUT2D eigenvalue weighted by atomic mass is 9.85. The van der Waals surface area contributed by atoms with Crippen molar-refractivity contribution in [1.29, 1.82) is 0 Å². The predicted molar refractivity (Wildman–Crippen MR) is 226 cm³/mol. The molecule has 6 rings (SSSR count). The Morgan fingerprint density at radius 3 is 2.30 bits per heavy atom. The Kier molecular flexibility index (Phi) is 12.3. The number of hydrogen-bond acceptors (Lipinski definition) is 11. The molecule has 1 aliphatic heterocycles. The second kappa shape index (κ2) is 16.7. The molecule has 2 aliphatic carbocycles. The van der Waals surface area contributed by atoms with Crippen LogP contribution in [0.15, 0.2) is 67.3 Å². The second-order valence-electron chi connectivity index (χ2n) is 18.0. The first kappa shape index (κ1) is 44.3. The number of carbonyl (C=O) groups is 4. The smallest absolute Gasteiger partial charge is 0.408 e. The maximum absolute atomic E-state index is 14.8. The number of sulfonamides is 1. The van der Waals surface area contributed by atoms with Gasteiger partial charge in [0, 0.05) is 49.1 Å². The Bertz CT molecular complexity index is 2250. The summed E-state index contributed by atoms with van der Waals surface area (Å²) < 4.78 is 51.1. The first-order valence-electron chi connectivity index (χ1n) is 20.2. The minimum atomic E-state index is -4.13. The van der Waals surface area contributed by atoms with Crippen LogP contribution < -0.4 is 24.8 Å². The van der Waals surface area contributed by atoms with Crippen molar-refractivity contribution in [3.8, 4) is 22.8 Å². The maximum atomic E-state index is 14.8. The monoisotopic (exact) mass is 847 g/mol. The highest BCUT2D eigenvalue weighted by atomic mass is 32.2. The molecule has 15 nitrogen and oxygen atoms in total. The van der Waals surface area contributed by atoms with Gasteiger partial charge in [0.05, 0.1) is 29.6 Å². The second-order valence-corrected chi connectivity index (χ2v) is 20.1. The van der Waals surface area contributed by atoms with Crippen LogP contribution in [0, 0.1) is 11.3 Å². The minimum absolute atomic E-state index is 0.00357. The summed E-state index contributed by atoms with van der Waals surface area (Å²) in [7, 11) is -1.09. The third-order valence-corrected chi connectivity index (χ3v) is 13.6. The molecule has 2 saturated carbocycles. The van der Waals surface area contributed by atoms with Gasteiger partial charge in [-0.25, -0.2) is 18.2 Å². The summed E-state index contributed by atoms with van der Waals surface area (Å²) in [6.45, 7) is 14.4. The highest BCUT2D eigenvalue weighted by molar-refractivity contribution is 7.91. The average molecular weight is 848 g/mol. The quantitative estimate of drug-likeness (QED) is 0.169. The zero-order chi connectivity index (χ0) is 43.8. The van der Waals surface area contributed by atoms with Gasteiger partial charge in [-0.05, 0) is 64.0 Å². The number of carbonyl (C=O) groups excluding carboxylic acids is 4. The van der Waals surface area contributed by atoms with Gasteiger partial charge in [0.25, 0.3) is 5.91 Å². The summed E-state index contributed by atoms with van der Waals surface area (Å²) in [6, 6.07) is 14.4. The van der Waals surface area contributed by atoms with Gasteiger partial charge >= 0.3 is 6.09 Å². The normalized spacial score (nSPS) is 22.6. The third kappa shape index (κ3) is 9.39. The maximum Gasteiger partial charge on any atom is 0.408 e. The fourth-order valence-corrected chi connectivity index (χ4v) is 9.33. The molecule has 2 heterocycles. The van der Waals surface area contributed by atoms with Gasteiger partial charge in [-0.3, -0.25) is 19.1 Å². The molecule has 1 aromatic heterocycles. The minimum Gasteiger partial charge on any atom is -0.497 e. The van der Waals surface area contributed by atoms with Crippen LogP contribution in [0.3, 0.4) is 0 Å². The number of nitrogens with one attached hydrogen (secondary N) is 3. The van der Waals surface area contributed by atoms with E-state index in [1.54, 1.807) is 60.8 Å². The number of methoxy groups -OCH3 is 2. The van der Waals surface area contributed by atoms with Crippen molar-refractivity contribution >= 4 is 44.7 Å². The number of alkyl carbamates (subject to hydrolysis) is 1. The number of benzene rings is 2. The zero-order valence-corrected chi connectivity index (χ0v) is 36.4. The number of nitrogens with zero attached hydrogens (tertiary/aromatic N) is 2. The Morgan fingerprint density at radius 2 is 1.72 bits per heavy atom. The molecule has 3 N–H and O–H groups in total. The lowest BCUT2D eigenvalue weighted by Gasteiger charge is -2.36. The molecular formula is C44H57N5O10S. The topological polar surface area (TPSA) is 192 Å². The van der Waals surface area contributed by atoms with Gasteiger partial charge in [0.2, 0.25) is 21.8 Å². The molecule has 5 atom stereocenters. The van der Waals surface area contributed by atoms with Crippen LogP contribution in [0.4, 0.5) is 4.79 Å². The fraction of sp³-hybridized carbons (Fsp3) is 0.523. The highest BCUT2D eigenvalue weighted by Gasteiger charge is 2.63. The summed E-state index contributed by atoms with van der Waals surface area (Å²) in [5.74, 6) is -1.66. The number of aromatic nitrogens is 1. The van der Waals surface area contributed by atoms with Crippen molar-refractivity contribution in [2.24, 2.45) is 11.3 Å². The fourth-order valence-electron chi connectivity index (χ4n) is 7.69. The lowest BCUT2D eigenvalue weighted by Crippen LogP contribution is -2.60. The van der Waals surface area contributed by atoms with Crippen molar-refractivity contribution in [2.75, 3.05) is 27.4 Å². The Labute approximate surface area is 352 Å². The number of likely N-dealkylation sites (tertiary alicyclic amines) is 1. The number of pyridine rings is 1. The Morgan fingerprint density at radius 1 is 1.02 bits per heavy atom. The van der Waals surface area contributed by atoms with Gasteiger partial charge in [0.15, 0.2) is 0 Å². The van der Waals surface area contributed by atoms with Crippen molar-refractivity contribution < 1.29 is 46.5 Å². The van der Waals surface area contributed by atoms with Gasteiger partial charge in [-0.1, -0.05) is 57.2 Å². The van der Waals surface area contributed by atoms with Crippen LogP contribution in [0.5, 0.6) is 11.5 Å². The summed E-state index contributed by atoms with van der Waals surface area (Å²) in [5.41, 5.74) is -1.25. The first-order valence-corrected chi connectivity index (χ1v) is 21.7. The molecule has 0 unspecified atom stereocenters. The zero-order valence-electron chi connectivity index (χ0n) is 35.6. The van der Waals surface area contributed by atoms with E-state index in [1.807, 2.05) is 42.5 Å². The van der Waals surface area contributed by atoms with E-state index < -0.39 is 79.2 Å². The largest absolute Gasteiger partial charge is 0.497 e. The average Bonchev–Trinajstić information content (AvgIpc) is 4.09. The van der Waals surface area contributed by atoms with E-state index in [2.05, 4.69) is 21.9 Å². The van der Waals surface area contributed by atoms with Crippen molar-refractivity contribution in [2.45, 2.75) is 108 Å². The van der Waals surface area contributed by atoms with E-state index in [0.29, 0.717) is 40.9 Å². The molecule has 0 radical (unpaired) electrons. The van der Waals surface area contributed by atoms with Gasteiger partial charge in [-0.15, -0.1) is 6.58 Å². The molecule has 60 heavy (non-hydrogen) atoms. The number of amides is 4. The van der Waals surface area contributed by atoms with Crippen molar-refractivity contribution in [3.63, 3.8) is 0 Å². The van der Waals surface area contributed by atoms with Crippen LogP contribution >= 0.6 is 0 Å². The van der Waals surface area contributed by atoms with Crippen LogP contribution in [0.1, 0.15) is 73.6 Å². The van der Waals surface area contributed by atoms with Crippen molar-refractivity contribution in [3.05, 3.63) is 67.3 Å². The number of hydrogen-bond donors (Lipinski definition) is 3. The molecule has 3 aromatic rings. The van der Waals surface area contributed by atoms with Gasteiger partial charge < -0.3 is 34.5 Å². The molecule has 3 fully saturated rings. The van der Waals surface area contributed by atoms with Gasteiger partial charge in [-0.2, -0.15) is 0 Å². The number of fused-ring (bicyclic) bond motifs is 1. The SMILES string of the molecule is C=C[C@@H]1C[C@]1(NC(=O)[C@@H]1C[C@@H](Oc2cc(-c3ccccc3)nc3cc(OC)ccc23)CN1C(=O)[C@@H](NC(=O)OC(C)(C)C)C(C)(C)C)C(=O)NS(=O)(=O)C1(CCOC)CC1. The van der Waals surface area contributed by atoms with Crippen LogP contribution in [0.2, 0.25) is 0 Å². The van der Waals surface area contributed by atoms with Crippen LogP contribution in [-0.4, -0.2) is 104 Å². The summed E-state index contributed by atoms with van der Waals surface area (Å²) in [4.78, 5) is 62.7. The first-order chi connectivity index (χ1) is 28.2. The van der Waals surface area contributed by atoms with Gasteiger partial charge in [0.1, 0.15) is 40.8 Å². The molecular weight excluding hydrogens is 791 g/mol. The van der Waals surface area contributed by atoms with E-state index in [0.717, 1.165) is 5.56 Å². The van der Waals surface area contributed by atoms with Crippen LogP contribution in [0.25, 0.3) is 22.2 Å². The Hall–Kier alpha value is -5.22. The summed E-state index contributed by atoms with van der Waals surface area (Å²) in [6.07, 6.45) is 1.02. The third-order valence-electron chi connectivity index (χ3n) is 11.4. The van der Waals surface area contributed by atoms with E-state index in [4.69, 9.17) is 23.9 Å². The lowest BCUT2D eigenvalue weighted by molar-refractivity contribution is -0.143. The van der Waals surface area contributed by atoms with Crippen LogP contribution in [-0.2, 0) is 33.9 Å². The molecule has 3 aliphatic rings. The number of rotatable bonds is 15. The van der Waals surface area contributed by atoms with E-state index in [1.165, 1.54) is 18.1 Å². The van der Waals surface area contributed by atoms with E-state index in [9.17, 15) is 27.6 Å². The Balaban J connectivity index is 1.34. The summed E-state index contributed by atoms with van der Waals surface area (Å²) >= 11 is 0. The standard InChI is InChI=1S/C44H57N5O10S/c1-10-28-25-44(28,39(52)48-60(54,55)43(18-19-43)20-21-56-8)47-37(50)34-23-30(26-49(34)38(51)36(41(2,3)4)46-40(53)59-42(5,6)7)58-35-24-32(27-14-12-11-13-15-27)45-33-22-29(57-9)16-17-31(33)35/h10-17,22,24,28,30,34,36H,1,18-21,23,25-26H2,2-9H3,(H,46,53)(H,47,50)(H,48,52)/t28-,30-,34+,36-,44-/m1/s1. The molecule has 324 valence electrons. The number of ether oxygens (including phenoxy) is 4.